The van der Waals surface area contributed by atoms with E-state index in [-0.39, 0.29) is 5.41 Å². The molecule has 2 nitrogen and oxygen atoms in total. The Kier molecular flexibility index (Phi) is 7.55. The van der Waals surface area contributed by atoms with Crippen LogP contribution in [0.25, 0.3) is 71.6 Å². The van der Waals surface area contributed by atoms with Crippen molar-refractivity contribution in [2.75, 3.05) is 4.90 Å². The highest BCUT2D eigenvalue weighted by molar-refractivity contribution is 6.11. The summed E-state index contributed by atoms with van der Waals surface area (Å²) in [5.41, 5.74) is 17.0. The predicted octanol–water partition coefficient (Wildman–Crippen LogP) is 15.0. The molecule has 11 rings (SSSR count). The van der Waals surface area contributed by atoms with Gasteiger partial charge in [-0.05, 0) is 92.9 Å². The lowest BCUT2D eigenvalue weighted by molar-refractivity contribution is 0.660. The van der Waals surface area contributed by atoms with E-state index >= 15 is 0 Å². The van der Waals surface area contributed by atoms with Gasteiger partial charge in [0.15, 0.2) is 0 Å². The second-order valence-corrected chi connectivity index (χ2v) is 15.7. The number of nitrogens with zero attached hydrogens (tertiary/aromatic N) is 2. The first kappa shape index (κ1) is 33.2. The lowest BCUT2D eigenvalue weighted by Crippen LogP contribution is -2.15. The third-order valence-corrected chi connectivity index (χ3v) is 12.2. The van der Waals surface area contributed by atoms with Crippen molar-refractivity contribution in [1.29, 1.82) is 0 Å². The molecule has 0 bridgehead atoms. The van der Waals surface area contributed by atoms with E-state index in [4.69, 9.17) is 0 Å². The molecule has 57 heavy (non-hydrogen) atoms. The van der Waals surface area contributed by atoms with Crippen molar-refractivity contribution in [3.8, 4) is 39.1 Å². The molecule has 1 heterocycles. The average Bonchev–Trinajstić information content (AvgIpc) is 3.72. The standard InChI is InChI=1S/C55H40N2/c1-55(2)48-27-13-11-24-44(48)47-35-39(31-34-49(47)55)54-43(38-17-5-3-6-18-38)26-16-30-52(54)57(50-29-15-20-37-19-9-10-23-42(37)50)41-32-33-46-45-25-12-14-28-51(45)56(53(46)36-41)40-21-7-4-8-22-40/h3-36H,1-2H3. The van der Waals surface area contributed by atoms with Gasteiger partial charge in [0.2, 0.25) is 0 Å². The molecule has 0 fully saturated rings. The van der Waals surface area contributed by atoms with Crippen LogP contribution in [0.1, 0.15) is 25.0 Å². The molecular formula is C55H40N2. The molecule has 0 N–H and O–H groups in total. The van der Waals surface area contributed by atoms with Gasteiger partial charge in [0.05, 0.1) is 22.4 Å². The molecule has 9 aromatic carbocycles. The molecule has 2 heteroatoms. The fourth-order valence-electron chi connectivity index (χ4n) is 9.53. The largest absolute Gasteiger partial charge is 0.309 e. The zero-order valence-electron chi connectivity index (χ0n) is 32.0. The topological polar surface area (TPSA) is 8.17 Å². The summed E-state index contributed by atoms with van der Waals surface area (Å²) in [6.45, 7) is 4.71. The van der Waals surface area contributed by atoms with E-state index in [2.05, 4.69) is 230 Å². The molecule has 1 aliphatic rings. The highest BCUT2D eigenvalue weighted by atomic mass is 15.1. The number of hydrogen-bond donors (Lipinski definition) is 0. The monoisotopic (exact) mass is 728 g/mol. The molecule has 270 valence electrons. The Morgan fingerprint density at radius 2 is 1.04 bits per heavy atom. The third-order valence-electron chi connectivity index (χ3n) is 12.2. The zero-order chi connectivity index (χ0) is 38.1. The number of rotatable bonds is 6. The molecule has 0 atom stereocenters. The van der Waals surface area contributed by atoms with E-state index in [1.807, 2.05) is 0 Å². The molecule has 0 aliphatic heterocycles. The van der Waals surface area contributed by atoms with Crippen molar-refractivity contribution in [2.45, 2.75) is 19.3 Å². The van der Waals surface area contributed by atoms with Gasteiger partial charge in [0.1, 0.15) is 0 Å². The molecular weight excluding hydrogens is 689 g/mol. The Balaban J connectivity index is 1.23. The molecule has 0 unspecified atom stereocenters. The van der Waals surface area contributed by atoms with Gasteiger partial charge < -0.3 is 9.47 Å². The van der Waals surface area contributed by atoms with Crippen molar-refractivity contribution in [1.82, 2.24) is 4.57 Å². The van der Waals surface area contributed by atoms with E-state index < -0.39 is 0 Å². The Hall–Kier alpha value is -7.16. The molecule has 0 saturated heterocycles. The van der Waals surface area contributed by atoms with Gasteiger partial charge in [-0.2, -0.15) is 0 Å². The zero-order valence-corrected chi connectivity index (χ0v) is 32.0. The lowest BCUT2D eigenvalue weighted by Gasteiger charge is -2.30. The fraction of sp³-hybridized carbons (Fsp3) is 0.0545. The average molecular weight is 729 g/mol. The lowest BCUT2D eigenvalue weighted by atomic mass is 9.82. The van der Waals surface area contributed by atoms with Gasteiger partial charge in [0, 0.05) is 38.5 Å². The minimum Gasteiger partial charge on any atom is -0.309 e. The molecule has 0 saturated carbocycles. The number of fused-ring (bicyclic) bond motifs is 7. The van der Waals surface area contributed by atoms with Gasteiger partial charge in [-0.25, -0.2) is 0 Å². The summed E-state index contributed by atoms with van der Waals surface area (Å²) in [4.78, 5) is 2.50. The van der Waals surface area contributed by atoms with E-state index in [9.17, 15) is 0 Å². The summed E-state index contributed by atoms with van der Waals surface area (Å²) in [5.74, 6) is 0. The van der Waals surface area contributed by atoms with E-state index in [1.54, 1.807) is 0 Å². The summed E-state index contributed by atoms with van der Waals surface area (Å²) in [7, 11) is 0. The molecule has 1 aliphatic carbocycles. The second-order valence-electron chi connectivity index (χ2n) is 15.7. The molecule has 0 radical (unpaired) electrons. The van der Waals surface area contributed by atoms with Crippen LogP contribution in [-0.4, -0.2) is 4.57 Å². The molecule has 0 spiro atoms. The van der Waals surface area contributed by atoms with Crippen molar-refractivity contribution in [2.24, 2.45) is 0 Å². The number of anilines is 3. The summed E-state index contributed by atoms with van der Waals surface area (Å²) >= 11 is 0. The maximum Gasteiger partial charge on any atom is 0.0561 e. The minimum atomic E-state index is -0.0756. The highest BCUT2D eigenvalue weighted by Crippen LogP contribution is 2.52. The van der Waals surface area contributed by atoms with Gasteiger partial charge >= 0.3 is 0 Å². The van der Waals surface area contributed by atoms with Crippen molar-refractivity contribution in [3.05, 3.63) is 217 Å². The van der Waals surface area contributed by atoms with Crippen molar-refractivity contribution in [3.63, 3.8) is 0 Å². The predicted molar refractivity (Wildman–Crippen MR) is 241 cm³/mol. The molecule has 1 aromatic heterocycles. The van der Waals surface area contributed by atoms with Crippen LogP contribution in [0.5, 0.6) is 0 Å². The number of aromatic nitrogens is 1. The number of hydrogen-bond acceptors (Lipinski definition) is 1. The van der Waals surface area contributed by atoms with E-state index in [0.717, 1.165) is 22.7 Å². The summed E-state index contributed by atoms with van der Waals surface area (Å²) in [5, 5.41) is 4.88. The van der Waals surface area contributed by atoms with Gasteiger partial charge in [-0.3, -0.25) is 0 Å². The van der Waals surface area contributed by atoms with Crippen LogP contribution < -0.4 is 4.90 Å². The van der Waals surface area contributed by atoms with Crippen LogP contribution in [0.2, 0.25) is 0 Å². The van der Waals surface area contributed by atoms with Crippen molar-refractivity contribution < 1.29 is 0 Å². The van der Waals surface area contributed by atoms with Crippen LogP contribution >= 0.6 is 0 Å². The first-order valence-corrected chi connectivity index (χ1v) is 19.9. The fourth-order valence-corrected chi connectivity index (χ4v) is 9.53. The van der Waals surface area contributed by atoms with Crippen LogP contribution in [0.15, 0.2) is 206 Å². The highest BCUT2D eigenvalue weighted by Gasteiger charge is 2.35. The smallest absolute Gasteiger partial charge is 0.0561 e. The number of benzene rings is 9. The molecule has 10 aromatic rings. The second kappa shape index (κ2) is 13.0. The Labute approximate surface area is 333 Å². The maximum atomic E-state index is 2.50. The molecule has 0 amide bonds. The SMILES string of the molecule is CC1(C)c2ccccc2-c2cc(-c3c(-c4ccccc4)cccc3N(c3ccc4c5ccccc5n(-c5ccccc5)c4c3)c3cccc4ccccc34)ccc21. The summed E-state index contributed by atoms with van der Waals surface area (Å²) in [6.07, 6.45) is 0. The van der Waals surface area contributed by atoms with Gasteiger partial charge in [-0.1, -0.05) is 172 Å². The first-order chi connectivity index (χ1) is 28.1. The van der Waals surface area contributed by atoms with Crippen LogP contribution in [0, 0.1) is 0 Å². The summed E-state index contributed by atoms with van der Waals surface area (Å²) < 4.78 is 2.41. The minimum absolute atomic E-state index is 0.0756. The normalized spacial score (nSPS) is 12.9. The van der Waals surface area contributed by atoms with Gasteiger partial charge in [-0.15, -0.1) is 0 Å². The quantitative estimate of drug-likeness (QED) is 0.165. The Morgan fingerprint density at radius 1 is 0.404 bits per heavy atom. The summed E-state index contributed by atoms with van der Waals surface area (Å²) in [6, 6.07) is 75.8. The van der Waals surface area contributed by atoms with Crippen molar-refractivity contribution >= 4 is 49.6 Å². The van der Waals surface area contributed by atoms with Crippen LogP contribution in [-0.2, 0) is 5.41 Å². The van der Waals surface area contributed by atoms with Crippen LogP contribution in [0.4, 0.5) is 17.1 Å². The number of para-hydroxylation sites is 2. The Bertz CT molecular complexity index is 3150. The van der Waals surface area contributed by atoms with E-state index in [1.165, 1.54) is 77.1 Å². The van der Waals surface area contributed by atoms with Gasteiger partial charge in [0.25, 0.3) is 0 Å². The Morgan fingerprint density at radius 3 is 1.89 bits per heavy atom. The van der Waals surface area contributed by atoms with Crippen LogP contribution in [0.3, 0.4) is 0 Å². The first-order valence-electron chi connectivity index (χ1n) is 19.9. The maximum absolute atomic E-state index is 2.50. The third kappa shape index (κ3) is 5.18. The van der Waals surface area contributed by atoms with E-state index in [0.29, 0.717) is 0 Å².